The maximum Gasteiger partial charge on any atom is 0.253 e. The molecule has 150 valence electrons. The van der Waals surface area contributed by atoms with Crippen molar-refractivity contribution in [3.05, 3.63) is 29.8 Å². The first-order valence-corrected chi connectivity index (χ1v) is 10.0. The molecule has 2 fully saturated rings. The number of carbonyl (C=O) groups excluding carboxylic acids is 2. The lowest BCUT2D eigenvalue weighted by atomic mass is 9.88. The average Bonchev–Trinajstić information content (AvgIpc) is 2.68. The minimum Gasteiger partial charge on any atom is -0.339 e. The fourth-order valence-corrected chi connectivity index (χ4v) is 4.15. The number of hydrogen-bond donors (Lipinski definition) is 2. The molecule has 5 nitrogen and oxygen atoms in total. The molecule has 6 heteroatoms. The summed E-state index contributed by atoms with van der Waals surface area (Å²) in [6, 6.07) is 7.53. The molecule has 1 saturated heterocycles. The molecule has 1 aliphatic carbocycles. The molecule has 1 unspecified atom stereocenters. The van der Waals surface area contributed by atoms with Gasteiger partial charge in [-0.2, -0.15) is 0 Å². The Morgan fingerprint density at radius 2 is 1.78 bits per heavy atom. The minimum absolute atomic E-state index is 0. The van der Waals surface area contributed by atoms with Crippen molar-refractivity contribution in [3.8, 4) is 0 Å². The fraction of sp³-hybridized carbons (Fsp3) is 0.619. The van der Waals surface area contributed by atoms with Crippen molar-refractivity contribution in [1.82, 2.24) is 4.90 Å². The number of nitrogens with zero attached hydrogens (tertiary/aromatic N) is 1. The molecule has 0 spiro atoms. The Morgan fingerprint density at radius 1 is 1.11 bits per heavy atom. The van der Waals surface area contributed by atoms with E-state index in [-0.39, 0.29) is 36.2 Å². The standard InChI is InChI=1S/C21H31N3O2.ClH/c1-15(22)16-10-12-24(13-11-16)21(26)18-8-5-9-19(14-18)23-20(25)17-6-3-2-4-7-17;/h5,8-9,14-17H,2-4,6-7,10-13,22H2,1H3,(H,23,25);1H. The van der Waals surface area contributed by atoms with E-state index in [0.717, 1.165) is 57.3 Å². The Kier molecular flexibility index (Phi) is 8.11. The van der Waals surface area contributed by atoms with Gasteiger partial charge in [-0.15, -0.1) is 12.4 Å². The van der Waals surface area contributed by atoms with E-state index in [1.807, 2.05) is 30.0 Å². The van der Waals surface area contributed by atoms with E-state index in [9.17, 15) is 9.59 Å². The molecule has 3 N–H and O–H groups in total. The molecule has 1 aliphatic heterocycles. The zero-order valence-corrected chi connectivity index (χ0v) is 17.0. The van der Waals surface area contributed by atoms with Crippen LogP contribution in [0.4, 0.5) is 5.69 Å². The number of carbonyl (C=O) groups is 2. The zero-order valence-electron chi connectivity index (χ0n) is 16.2. The molecule has 3 rings (SSSR count). The summed E-state index contributed by atoms with van der Waals surface area (Å²) in [6.45, 7) is 3.55. The molecule has 0 aromatic heterocycles. The third-order valence-electron chi connectivity index (χ3n) is 5.92. The SMILES string of the molecule is CC(N)C1CCN(C(=O)c2cccc(NC(=O)C3CCCCC3)c2)CC1.Cl. The van der Waals surface area contributed by atoms with Gasteiger partial charge < -0.3 is 16.0 Å². The minimum atomic E-state index is 0. The lowest BCUT2D eigenvalue weighted by molar-refractivity contribution is -0.120. The number of anilines is 1. The fourth-order valence-electron chi connectivity index (χ4n) is 4.15. The van der Waals surface area contributed by atoms with Crippen molar-refractivity contribution in [2.45, 2.75) is 57.9 Å². The molecular weight excluding hydrogens is 362 g/mol. The molecule has 0 radical (unpaired) electrons. The lowest BCUT2D eigenvalue weighted by Gasteiger charge is -2.33. The molecule has 1 aromatic carbocycles. The van der Waals surface area contributed by atoms with Gasteiger partial charge in [0.05, 0.1) is 0 Å². The van der Waals surface area contributed by atoms with Crippen LogP contribution in [0.2, 0.25) is 0 Å². The zero-order chi connectivity index (χ0) is 18.5. The highest BCUT2D eigenvalue weighted by molar-refractivity contribution is 5.97. The molecule has 1 aromatic rings. The van der Waals surface area contributed by atoms with Gasteiger partial charge in [0.2, 0.25) is 5.91 Å². The van der Waals surface area contributed by atoms with Crippen LogP contribution < -0.4 is 11.1 Å². The van der Waals surface area contributed by atoms with Crippen molar-refractivity contribution in [2.24, 2.45) is 17.6 Å². The maximum absolute atomic E-state index is 12.8. The number of piperidine rings is 1. The molecular formula is C21H32ClN3O2. The summed E-state index contributed by atoms with van der Waals surface area (Å²) in [6.07, 6.45) is 7.36. The Morgan fingerprint density at radius 3 is 2.41 bits per heavy atom. The maximum atomic E-state index is 12.8. The summed E-state index contributed by atoms with van der Waals surface area (Å²) in [4.78, 5) is 27.1. The smallest absolute Gasteiger partial charge is 0.253 e. The molecule has 1 heterocycles. The number of nitrogens with two attached hydrogens (primary N) is 1. The van der Waals surface area contributed by atoms with Gasteiger partial charge >= 0.3 is 0 Å². The van der Waals surface area contributed by atoms with E-state index in [1.54, 1.807) is 6.07 Å². The van der Waals surface area contributed by atoms with Crippen LogP contribution in [-0.4, -0.2) is 35.8 Å². The molecule has 1 atom stereocenters. The quantitative estimate of drug-likeness (QED) is 0.816. The van der Waals surface area contributed by atoms with E-state index in [0.29, 0.717) is 11.5 Å². The van der Waals surface area contributed by atoms with E-state index in [2.05, 4.69) is 5.32 Å². The summed E-state index contributed by atoms with van der Waals surface area (Å²) in [7, 11) is 0. The predicted molar refractivity (Wildman–Crippen MR) is 111 cm³/mol. The number of hydrogen-bond acceptors (Lipinski definition) is 3. The van der Waals surface area contributed by atoms with Gasteiger partial charge in [-0.1, -0.05) is 25.3 Å². The van der Waals surface area contributed by atoms with E-state index in [4.69, 9.17) is 5.73 Å². The third-order valence-corrected chi connectivity index (χ3v) is 5.92. The van der Waals surface area contributed by atoms with Crippen LogP contribution in [0, 0.1) is 11.8 Å². The highest BCUT2D eigenvalue weighted by atomic mass is 35.5. The van der Waals surface area contributed by atoms with Crippen LogP contribution >= 0.6 is 12.4 Å². The van der Waals surface area contributed by atoms with Crippen molar-refractivity contribution in [2.75, 3.05) is 18.4 Å². The topological polar surface area (TPSA) is 75.4 Å². The lowest BCUT2D eigenvalue weighted by Crippen LogP contribution is -2.42. The van der Waals surface area contributed by atoms with Crippen LogP contribution in [-0.2, 0) is 4.79 Å². The number of likely N-dealkylation sites (tertiary alicyclic amines) is 1. The normalized spacial score (nSPS) is 19.9. The van der Waals surface area contributed by atoms with E-state index >= 15 is 0 Å². The first-order valence-electron chi connectivity index (χ1n) is 10.0. The van der Waals surface area contributed by atoms with Crippen LogP contribution in [0.1, 0.15) is 62.2 Å². The number of halogens is 1. The van der Waals surface area contributed by atoms with Gasteiger partial charge in [0.1, 0.15) is 0 Å². The highest BCUT2D eigenvalue weighted by Crippen LogP contribution is 2.26. The monoisotopic (exact) mass is 393 g/mol. The van der Waals surface area contributed by atoms with Gasteiger partial charge in [0.15, 0.2) is 0 Å². The van der Waals surface area contributed by atoms with Gasteiger partial charge in [-0.25, -0.2) is 0 Å². The first kappa shape index (κ1) is 21.7. The highest BCUT2D eigenvalue weighted by Gasteiger charge is 2.26. The Hall–Kier alpha value is -1.59. The summed E-state index contributed by atoms with van der Waals surface area (Å²) < 4.78 is 0. The molecule has 2 aliphatic rings. The number of rotatable bonds is 4. The second kappa shape index (κ2) is 10.1. The van der Waals surface area contributed by atoms with Gasteiger partial charge in [0.25, 0.3) is 5.91 Å². The second-order valence-electron chi connectivity index (χ2n) is 7.89. The summed E-state index contributed by atoms with van der Waals surface area (Å²) in [5, 5.41) is 3.01. The van der Waals surface area contributed by atoms with Crippen LogP contribution in [0.5, 0.6) is 0 Å². The van der Waals surface area contributed by atoms with Crippen molar-refractivity contribution < 1.29 is 9.59 Å². The van der Waals surface area contributed by atoms with Crippen LogP contribution in [0.15, 0.2) is 24.3 Å². The molecule has 27 heavy (non-hydrogen) atoms. The number of nitrogens with one attached hydrogen (secondary N) is 1. The second-order valence-corrected chi connectivity index (χ2v) is 7.89. The first-order chi connectivity index (χ1) is 12.5. The van der Waals surface area contributed by atoms with Crippen molar-refractivity contribution in [3.63, 3.8) is 0 Å². The van der Waals surface area contributed by atoms with E-state index in [1.165, 1.54) is 6.42 Å². The van der Waals surface area contributed by atoms with Crippen molar-refractivity contribution in [1.29, 1.82) is 0 Å². The Labute approximate surface area is 168 Å². The summed E-state index contributed by atoms with van der Waals surface area (Å²) in [5.41, 5.74) is 7.35. The molecule has 1 saturated carbocycles. The van der Waals surface area contributed by atoms with Gasteiger partial charge in [-0.3, -0.25) is 9.59 Å². The Balaban J connectivity index is 0.00000261. The largest absolute Gasteiger partial charge is 0.339 e. The number of benzene rings is 1. The summed E-state index contributed by atoms with van der Waals surface area (Å²) in [5.74, 6) is 0.745. The van der Waals surface area contributed by atoms with E-state index < -0.39 is 0 Å². The number of amides is 2. The van der Waals surface area contributed by atoms with Gasteiger partial charge in [0, 0.05) is 36.3 Å². The summed E-state index contributed by atoms with van der Waals surface area (Å²) >= 11 is 0. The van der Waals surface area contributed by atoms with Crippen molar-refractivity contribution >= 4 is 29.9 Å². The third kappa shape index (κ3) is 5.69. The predicted octanol–water partition coefficient (Wildman–Crippen LogP) is 3.83. The average molecular weight is 394 g/mol. The van der Waals surface area contributed by atoms with Crippen LogP contribution in [0.3, 0.4) is 0 Å². The van der Waals surface area contributed by atoms with Gasteiger partial charge in [-0.05, 0) is 56.7 Å². The Bertz CT molecular complexity index is 636. The molecule has 0 bridgehead atoms. The molecule has 2 amide bonds. The van der Waals surface area contributed by atoms with Crippen LogP contribution in [0.25, 0.3) is 0 Å².